The molecule has 4 aromatic carbocycles. The standard InChI is InChI=1S/C35H38IN3O4S/c1-4-27(3)37-35(41)33(23-28-11-7-5-8-12-28)38(24-29-17-15-26(2)16-18-29)34(40)25-39(31-21-19-30(36)20-22-31)44(42,43)32-13-9-6-10-14-32/h5-22,27,33H,4,23-25H2,1-3H3,(H,37,41)/t27-,33-/m1/s1. The molecule has 2 atom stereocenters. The number of hydrogen-bond donors (Lipinski definition) is 1. The van der Waals surface area contributed by atoms with E-state index in [2.05, 4.69) is 27.9 Å². The van der Waals surface area contributed by atoms with Crippen molar-refractivity contribution < 1.29 is 18.0 Å². The predicted molar refractivity (Wildman–Crippen MR) is 184 cm³/mol. The summed E-state index contributed by atoms with van der Waals surface area (Å²) in [5.41, 5.74) is 3.16. The molecule has 0 aromatic heterocycles. The van der Waals surface area contributed by atoms with Gasteiger partial charge in [-0.05, 0) is 90.4 Å². The van der Waals surface area contributed by atoms with Crippen LogP contribution >= 0.6 is 22.6 Å². The number of amides is 2. The van der Waals surface area contributed by atoms with Gasteiger partial charge in [0.25, 0.3) is 10.0 Å². The first-order valence-electron chi connectivity index (χ1n) is 14.6. The average Bonchev–Trinajstić information content (AvgIpc) is 3.03. The van der Waals surface area contributed by atoms with Gasteiger partial charge in [0.2, 0.25) is 11.8 Å². The molecule has 0 saturated carbocycles. The monoisotopic (exact) mass is 723 g/mol. The van der Waals surface area contributed by atoms with Crippen molar-refractivity contribution in [2.45, 2.75) is 57.1 Å². The molecule has 44 heavy (non-hydrogen) atoms. The van der Waals surface area contributed by atoms with Gasteiger partial charge in [-0.15, -0.1) is 0 Å². The highest BCUT2D eigenvalue weighted by atomic mass is 127. The second kappa shape index (κ2) is 15.3. The Morgan fingerprint density at radius 1 is 0.818 bits per heavy atom. The molecule has 0 aliphatic carbocycles. The molecule has 1 N–H and O–H groups in total. The van der Waals surface area contributed by atoms with Gasteiger partial charge in [-0.2, -0.15) is 0 Å². The van der Waals surface area contributed by atoms with E-state index in [1.165, 1.54) is 17.0 Å². The van der Waals surface area contributed by atoms with Gasteiger partial charge in [0.1, 0.15) is 12.6 Å². The molecule has 4 rings (SSSR count). The molecule has 9 heteroatoms. The zero-order valence-corrected chi connectivity index (χ0v) is 28.2. The van der Waals surface area contributed by atoms with E-state index in [4.69, 9.17) is 0 Å². The molecule has 0 radical (unpaired) electrons. The largest absolute Gasteiger partial charge is 0.352 e. The maximum absolute atomic E-state index is 14.5. The number of hydrogen-bond acceptors (Lipinski definition) is 4. The van der Waals surface area contributed by atoms with Crippen molar-refractivity contribution in [1.82, 2.24) is 10.2 Å². The van der Waals surface area contributed by atoms with Crippen LogP contribution in [0.15, 0.2) is 114 Å². The summed E-state index contributed by atoms with van der Waals surface area (Å²) >= 11 is 2.15. The van der Waals surface area contributed by atoms with Gasteiger partial charge in [-0.1, -0.05) is 85.3 Å². The third kappa shape index (κ3) is 8.69. The van der Waals surface area contributed by atoms with E-state index in [1.807, 2.05) is 75.4 Å². The molecule has 230 valence electrons. The fourth-order valence-electron chi connectivity index (χ4n) is 4.74. The normalized spacial score (nSPS) is 12.6. The lowest BCUT2D eigenvalue weighted by Crippen LogP contribution is -2.54. The molecule has 0 fully saturated rings. The van der Waals surface area contributed by atoms with Gasteiger partial charge in [0.05, 0.1) is 10.6 Å². The van der Waals surface area contributed by atoms with Gasteiger partial charge >= 0.3 is 0 Å². The molecule has 0 heterocycles. The SMILES string of the molecule is CC[C@@H](C)NC(=O)[C@@H](Cc1ccccc1)N(Cc1ccc(C)cc1)C(=O)CN(c1ccc(I)cc1)S(=O)(=O)c1ccccc1. The minimum Gasteiger partial charge on any atom is -0.352 e. The molecule has 0 saturated heterocycles. The number of aryl methyl sites for hydroxylation is 1. The van der Waals surface area contributed by atoms with E-state index in [0.717, 1.165) is 31.0 Å². The number of benzene rings is 4. The summed E-state index contributed by atoms with van der Waals surface area (Å²) in [6.45, 7) is 5.55. The Balaban J connectivity index is 1.79. The molecular formula is C35H38IN3O4S. The van der Waals surface area contributed by atoms with Crippen LogP contribution in [0.2, 0.25) is 0 Å². The van der Waals surface area contributed by atoms with E-state index < -0.39 is 28.5 Å². The molecule has 7 nitrogen and oxygen atoms in total. The Morgan fingerprint density at radius 2 is 1.41 bits per heavy atom. The third-order valence-corrected chi connectivity index (χ3v) is 9.98. The van der Waals surface area contributed by atoms with Crippen LogP contribution in [-0.2, 0) is 32.6 Å². The third-order valence-electron chi connectivity index (χ3n) is 7.47. The van der Waals surface area contributed by atoms with Crippen LogP contribution in [0, 0.1) is 10.5 Å². The van der Waals surface area contributed by atoms with Crippen LogP contribution in [0.5, 0.6) is 0 Å². The molecule has 0 spiro atoms. The zero-order chi connectivity index (χ0) is 31.7. The first-order valence-corrected chi connectivity index (χ1v) is 17.1. The number of anilines is 1. The van der Waals surface area contributed by atoms with Crippen molar-refractivity contribution >= 4 is 50.1 Å². The van der Waals surface area contributed by atoms with Crippen molar-refractivity contribution in [3.05, 3.63) is 129 Å². The van der Waals surface area contributed by atoms with Crippen LogP contribution in [0.25, 0.3) is 0 Å². The van der Waals surface area contributed by atoms with Gasteiger partial charge in [0.15, 0.2) is 0 Å². The number of sulfonamides is 1. The molecule has 4 aromatic rings. The van der Waals surface area contributed by atoms with Crippen LogP contribution < -0.4 is 9.62 Å². The van der Waals surface area contributed by atoms with Gasteiger partial charge < -0.3 is 10.2 Å². The van der Waals surface area contributed by atoms with E-state index in [0.29, 0.717) is 5.69 Å². The Labute approximate surface area is 274 Å². The van der Waals surface area contributed by atoms with Crippen LogP contribution in [0.1, 0.15) is 37.0 Å². The van der Waals surface area contributed by atoms with Crippen LogP contribution in [-0.4, -0.2) is 43.8 Å². The van der Waals surface area contributed by atoms with Gasteiger partial charge in [-0.25, -0.2) is 8.42 Å². The summed E-state index contributed by atoms with van der Waals surface area (Å²) < 4.78 is 30.1. The Bertz CT molecular complexity index is 1630. The summed E-state index contributed by atoms with van der Waals surface area (Å²) in [5.74, 6) is -0.765. The number of rotatable bonds is 13. The lowest BCUT2D eigenvalue weighted by atomic mass is 10.0. The smallest absolute Gasteiger partial charge is 0.264 e. The maximum atomic E-state index is 14.5. The minimum absolute atomic E-state index is 0.0757. The Kier molecular flexibility index (Phi) is 11.6. The molecule has 0 aliphatic rings. The topological polar surface area (TPSA) is 86.8 Å². The van der Waals surface area contributed by atoms with Gasteiger partial charge in [-0.3, -0.25) is 13.9 Å². The number of carbonyl (C=O) groups excluding carboxylic acids is 2. The first kappa shape index (κ1) is 33.2. The molecule has 0 aliphatic heterocycles. The number of halogens is 1. The van der Waals surface area contributed by atoms with Crippen molar-refractivity contribution in [2.24, 2.45) is 0 Å². The summed E-state index contributed by atoms with van der Waals surface area (Å²) in [4.78, 5) is 30.0. The van der Waals surface area contributed by atoms with E-state index in [9.17, 15) is 18.0 Å². The molecule has 0 unspecified atom stereocenters. The molecule has 0 bridgehead atoms. The van der Waals surface area contributed by atoms with E-state index >= 15 is 0 Å². The first-order chi connectivity index (χ1) is 21.1. The highest BCUT2D eigenvalue weighted by molar-refractivity contribution is 14.1. The molecule has 2 amide bonds. The Morgan fingerprint density at radius 3 is 2.00 bits per heavy atom. The number of nitrogens with zero attached hydrogens (tertiary/aromatic N) is 2. The fourth-order valence-corrected chi connectivity index (χ4v) is 6.54. The van der Waals surface area contributed by atoms with Crippen LogP contribution in [0.4, 0.5) is 5.69 Å². The Hall–Kier alpha value is -3.70. The lowest BCUT2D eigenvalue weighted by Gasteiger charge is -2.34. The zero-order valence-electron chi connectivity index (χ0n) is 25.2. The highest BCUT2D eigenvalue weighted by Crippen LogP contribution is 2.26. The number of nitrogens with one attached hydrogen (secondary N) is 1. The second-order valence-corrected chi connectivity index (χ2v) is 13.9. The average molecular weight is 724 g/mol. The van der Waals surface area contributed by atoms with Crippen molar-refractivity contribution in [3.8, 4) is 0 Å². The van der Waals surface area contributed by atoms with Crippen molar-refractivity contribution in [3.63, 3.8) is 0 Å². The summed E-state index contributed by atoms with van der Waals surface area (Å²) in [6.07, 6.45) is 1.00. The summed E-state index contributed by atoms with van der Waals surface area (Å²) in [7, 11) is -4.12. The highest BCUT2D eigenvalue weighted by Gasteiger charge is 2.35. The number of carbonyl (C=O) groups is 2. The van der Waals surface area contributed by atoms with Gasteiger partial charge in [0, 0.05) is 22.6 Å². The van der Waals surface area contributed by atoms with Crippen molar-refractivity contribution in [1.29, 1.82) is 0 Å². The quantitative estimate of drug-likeness (QED) is 0.163. The minimum atomic E-state index is -4.12. The summed E-state index contributed by atoms with van der Waals surface area (Å²) in [6, 6.07) is 31.4. The lowest BCUT2D eigenvalue weighted by molar-refractivity contribution is -0.140. The van der Waals surface area contributed by atoms with E-state index in [-0.39, 0.29) is 29.8 Å². The predicted octanol–water partition coefficient (Wildman–Crippen LogP) is 6.35. The molecular weight excluding hydrogens is 685 g/mol. The summed E-state index contributed by atoms with van der Waals surface area (Å²) in [5, 5.41) is 3.06. The van der Waals surface area contributed by atoms with Crippen LogP contribution in [0.3, 0.4) is 0 Å². The van der Waals surface area contributed by atoms with Crippen molar-refractivity contribution in [2.75, 3.05) is 10.8 Å². The fraction of sp³-hybridized carbons (Fsp3) is 0.257. The second-order valence-electron chi connectivity index (χ2n) is 10.8. The maximum Gasteiger partial charge on any atom is 0.264 e. The van der Waals surface area contributed by atoms with E-state index in [1.54, 1.807) is 42.5 Å².